The molecule has 2 fully saturated rings. The predicted molar refractivity (Wildman–Crippen MR) is 185 cm³/mol. The Morgan fingerprint density at radius 3 is 1.78 bits per heavy atom. The lowest BCUT2D eigenvalue weighted by molar-refractivity contribution is -0.241. The lowest BCUT2D eigenvalue weighted by Gasteiger charge is -2.46. The van der Waals surface area contributed by atoms with Crippen molar-refractivity contribution in [3.05, 3.63) is 138 Å². The summed E-state index contributed by atoms with van der Waals surface area (Å²) in [4.78, 5) is 0.722. The quantitative estimate of drug-likeness (QED) is 0.120. The zero-order valence-corrected chi connectivity index (χ0v) is 29.3. The van der Waals surface area contributed by atoms with Crippen molar-refractivity contribution in [2.75, 3.05) is 19.8 Å². The number of phosphoric acid groups is 1. The van der Waals surface area contributed by atoms with Gasteiger partial charge in [0.2, 0.25) is 0 Å². The van der Waals surface area contributed by atoms with Gasteiger partial charge in [0.1, 0.15) is 35.7 Å². The predicted octanol–water partition coefficient (Wildman–Crippen LogP) is 8.60. The number of phosphoric ester groups is 1. The molecule has 0 unspecified atom stereocenters. The van der Waals surface area contributed by atoms with Gasteiger partial charge in [0.25, 0.3) is 0 Å². The maximum atomic E-state index is 14.0. The standard InChI is InChI=1S/C38H42FO8PS/c1-38(2)26-44-48(40,45-27-38)47-36-35(43-24-30-16-10-5-11-17-30)34(42-23-29-14-8-4-9-15-29)33(25-41-22-28-12-6-3-7-13-28)46-37(36)49-32-20-18-31(39)19-21-32/h3-21,33-37H,22-27H2,1-2H3/t33-,34-,35+,36+,37-/m1/s1. The molecule has 2 heterocycles. The molecule has 0 bridgehead atoms. The highest BCUT2D eigenvalue weighted by atomic mass is 32.2. The minimum atomic E-state index is -4.05. The van der Waals surface area contributed by atoms with Crippen molar-refractivity contribution in [1.29, 1.82) is 0 Å². The van der Waals surface area contributed by atoms with Gasteiger partial charge in [-0.15, -0.1) is 0 Å². The highest BCUT2D eigenvalue weighted by Gasteiger charge is 2.53. The number of ether oxygens (including phenoxy) is 4. The fraction of sp³-hybridized carbons (Fsp3) is 0.368. The monoisotopic (exact) mass is 708 g/mol. The van der Waals surface area contributed by atoms with Crippen molar-refractivity contribution in [3.63, 3.8) is 0 Å². The number of thioether (sulfide) groups is 1. The summed E-state index contributed by atoms with van der Waals surface area (Å²) < 4.78 is 72.3. The maximum Gasteiger partial charge on any atom is 0.475 e. The summed E-state index contributed by atoms with van der Waals surface area (Å²) in [5, 5.41) is 0. The zero-order valence-electron chi connectivity index (χ0n) is 27.6. The van der Waals surface area contributed by atoms with Crippen LogP contribution in [0.3, 0.4) is 0 Å². The van der Waals surface area contributed by atoms with Gasteiger partial charge in [-0.25, -0.2) is 8.96 Å². The van der Waals surface area contributed by atoms with Gasteiger partial charge in [0.05, 0.1) is 39.6 Å². The third kappa shape index (κ3) is 10.3. The molecule has 0 aliphatic carbocycles. The number of halogens is 1. The number of benzene rings is 4. The third-order valence-corrected chi connectivity index (χ3v) is 10.6. The van der Waals surface area contributed by atoms with Gasteiger partial charge in [-0.05, 0) is 41.0 Å². The molecule has 49 heavy (non-hydrogen) atoms. The van der Waals surface area contributed by atoms with Crippen LogP contribution in [0, 0.1) is 11.2 Å². The molecule has 2 aliphatic heterocycles. The van der Waals surface area contributed by atoms with Crippen LogP contribution in [0.15, 0.2) is 120 Å². The van der Waals surface area contributed by atoms with Crippen molar-refractivity contribution >= 4 is 19.6 Å². The Morgan fingerprint density at radius 2 is 1.22 bits per heavy atom. The first-order valence-corrected chi connectivity index (χ1v) is 18.7. The second-order valence-corrected chi connectivity index (χ2v) is 15.7. The van der Waals surface area contributed by atoms with E-state index in [0.29, 0.717) is 6.61 Å². The summed E-state index contributed by atoms with van der Waals surface area (Å²) in [7, 11) is -4.05. The molecule has 2 aliphatic rings. The number of hydrogen-bond donors (Lipinski definition) is 0. The van der Waals surface area contributed by atoms with Crippen LogP contribution in [0.1, 0.15) is 30.5 Å². The fourth-order valence-electron chi connectivity index (χ4n) is 5.46. The van der Waals surface area contributed by atoms with Crippen molar-refractivity contribution in [2.24, 2.45) is 5.41 Å². The molecule has 0 amide bonds. The Bertz CT molecular complexity index is 1620. The van der Waals surface area contributed by atoms with E-state index in [1.54, 1.807) is 12.1 Å². The summed E-state index contributed by atoms with van der Waals surface area (Å²) in [5.41, 5.74) is 1.79. The van der Waals surface area contributed by atoms with Gasteiger partial charge in [0, 0.05) is 10.3 Å². The van der Waals surface area contributed by atoms with Crippen LogP contribution in [0.2, 0.25) is 0 Å². The minimum absolute atomic E-state index is 0.172. The molecule has 0 N–H and O–H groups in total. The lowest BCUT2D eigenvalue weighted by atomic mass is 9.97. The number of hydrogen-bond acceptors (Lipinski definition) is 9. The molecule has 5 atom stereocenters. The largest absolute Gasteiger partial charge is 0.475 e. The van der Waals surface area contributed by atoms with Crippen LogP contribution >= 0.6 is 19.6 Å². The molecule has 0 radical (unpaired) electrons. The van der Waals surface area contributed by atoms with Crippen molar-refractivity contribution in [1.82, 2.24) is 0 Å². The van der Waals surface area contributed by atoms with Crippen LogP contribution < -0.4 is 0 Å². The molecule has 11 heteroatoms. The van der Waals surface area contributed by atoms with E-state index in [-0.39, 0.29) is 44.3 Å². The first-order valence-electron chi connectivity index (χ1n) is 16.3. The molecule has 0 saturated carbocycles. The van der Waals surface area contributed by atoms with E-state index in [1.165, 1.54) is 23.9 Å². The Hall–Kier alpha value is -2.89. The molecular formula is C38H42FO8PS. The van der Waals surface area contributed by atoms with E-state index < -0.39 is 37.7 Å². The topological polar surface area (TPSA) is 81.7 Å². The molecule has 260 valence electrons. The second-order valence-electron chi connectivity index (χ2n) is 12.9. The highest BCUT2D eigenvalue weighted by Crippen LogP contribution is 2.57. The summed E-state index contributed by atoms with van der Waals surface area (Å²) in [6.07, 6.45) is -3.15. The molecule has 2 saturated heterocycles. The van der Waals surface area contributed by atoms with E-state index in [2.05, 4.69) is 0 Å². The Balaban J connectivity index is 1.34. The molecule has 8 nitrogen and oxygen atoms in total. The zero-order chi connectivity index (χ0) is 34.1. The van der Waals surface area contributed by atoms with Gasteiger partial charge >= 0.3 is 7.82 Å². The normalized spacial score (nSPS) is 24.8. The van der Waals surface area contributed by atoms with E-state index in [0.717, 1.165) is 21.6 Å². The first-order chi connectivity index (χ1) is 23.8. The Morgan fingerprint density at radius 1 is 0.714 bits per heavy atom. The van der Waals surface area contributed by atoms with Gasteiger partial charge in [-0.3, -0.25) is 13.6 Å². The average Bonchev–Trinajstić information content (AvgIpc) is 3.12. The van der Waals surface area contributed by atoms with Crippen LogP contribution in [-0.2, 0) is 56.9 Å². The summed E-state index contributed by atoms with van der Waals surface area (Å²) in [5.74, 6) is -0.358. The second kappa shape index (κ2) is 16.9. The van der Waals surface area contributed by atoms with E-state index in [4.69, 9.17) is 32.5 Å². The molecule has 6 rings (SSSR count). The van der Waals surface area contributed by atoms with Gasteiger partial charge in [0.15, 0.2) is 0 Å². The van der Waals surface area contributed by atoms with Crippen molar-refractivity contribution < 1.29 is 41.5 Å². The summed E-state index contributed by atoms with van der Waals surface area (Å²) >= 11 is 1.31. The Kier molecular flexibility index (Phi) is 12.4. The maximum absolute atomic E-state index is 14.0. The smallest absolute Gasteiger partial charge is 0.374 e. The Labute approximate surface area is 291 Å². The molecule has 0 spiro atoms. The summed E-state index contributed by atoms with van der Waals surface area (Å²) in [6, 6.07) is 35.5. The van der Waals surface area contributed by atoms with Gasteiger partial charge in [-0.1, -0.05) is 117 Å². The fourth-order valence-corrected chi connectivity index (χ4v) is 8.38. The SMILES string of the molecule is CC1(C)COP(=O)(O[C@H]2[C@@H](OCc3ccccc3)[C@H](OCc3ccccc3)[C@@H](COCc3ccccc3)O[C@@H]2Sc2ccc(F)cc2)OC1. The van der Waals surface area contributed by atoms with Crippen LogP contribution in [0.4, 0.5) is 4.39 Å². The van der Waals surface area contributed by atoms with Crippen molar-refractivity contribution in [3.8, 4) is 0 Å². The summed E-state index contributed by atoms with van der Waals surface area (Å²) in [6.45, 7) is 5.33. The van der Waals surface area contributed by atoms with Crippen LogP contribution in [0.25, 0.3) is 0 Å². The van der Waals surface area contributed by atoms with Gasteiger partial charge in [-0.2, -0.15) is 0 Å². The average molecular weight is 709 g/mol. The van der Waals surface area contributed by atoms with Gasteiger partial charge < -0.3 is 18.9 Å². The van der Waals surface area contributed by atoms with E-state index in [1.807, 2.05) is 105 Å². The van der Waals surface area contributed by atoms with E-state index in [9.17, 15) is 8.96 Å². The lowest BCUT2D eigenvalue weighted by Crippen LogP contribution is -2.60. The highest BCUT2D eigenvalue weighted by molar-refractivity contribution is 7.99. The van der Waals surface area contributed by atoms with Crippen LogP contribution in [0.5, 0.6) is 0 Å². The molecule has 4 aromatic rings. The number of rotatable bonds is 14. The molecule has 0 aromatic heterocycles. The molecular weight excluding hydrogens is 666 g/mol. The van der Waals surface area contributed by atoms with E-state index >= 15 is 0 Å². The van der Waals surface area contributed by atoms with Crippen LogP contribution in [-0.4, -0.2) is 49.7 Å². The first kappa shape index (κ1) is 35.9. The molecule has 4 aromatic carbocycles. The minimum Gasteiger partial charge on any atom is -0.374 e. The third-order valence-electron chi connectivity index (χ3n) is 8.10. The van der Waals surface area contributed by atoms with Crippen molar-refractivity contribution in [2.45, 2.75) is 68.4 Å².